The topological polar surface area (TPSA) is 42.8 Å². The Kier molecular flexibility index (Phi) is 3.87. The molecule has 2 rings (SSSR count). The summed E-state index contributed by atoms with van der Waals surface area (Å²) in [5, 5.41) is 7.13. The average molecular weight is 328 g/mol. The van der Waals surface area contributed by atoms with E-state index in [9.17, 15) is 0 Å². The fourth-order valence-corrected chi connectivity index (χ4v) is 2.51. The van der Waals surface area contributed by atoms with Crippen LogP contribution < -0.4 is 4.74 Å². The number of methoxy groups -OCH3 is 1. The summed E-state index contributed by atoms with van der Waals surface area (Å²) in [6.45, 7) is 4.14. The molecular formula is C12H14BrN3OS. The number of H-pyrrole nitrogens is 1. The molecule has 0 bridgehead atoms. The van der Waals surface area contributed by atoms with Crippen LogP contribution in [0.3, 0.4) is 0 Å². The Labute approximate surface area is 119 Å². The lowest BCUT2D eigenvalue weighted by Gasteiger charge is -2.13. The van der Waals surface area contributed by atoms with Crippen LogP contribution in [0.2, 0.25) is 0 Å². The highest BCUT2D eigenvalue weighted by molar-refractivity contribution is 9.10. The van der Waals surface area contributed by atoms with Crippen molar-refractivity contribution in [2.24, 2.45) is 0 Å². The summed E-state index contributed by atoms with van der Waals surface area (Å²) < 4.78 is 8.95. The van der Waals surface area contributed by atoms with E-state index in [1.807, 2.05) is 22.8 Å². The molecule has 0 aliphatic rings. The first-order valence-electron chi connectivity index (χ1n) is 5.55. The number of nitrogens with one attached hydrogen (secondary N) is 1. The van der Waals surface area contributed by atoms with Crippen molar-refractivity contribution in [1.82, 2.24) is 14.8 Å². The van der Waals surface area contributed by atoms with Crippen molar-refractivity contribution < 1.29 is 4.74 Å². The first-order chi connectivity index (χ1) is 8.54. The molecule has 0 spiro atoms. The van der Waals surface area contributed by atoms with Crippen LogP contribution in [0.1, 0.15) is 19.9 Å². The Morgan fingerprint density at radius 2 is 2.17 bits per heavy atom. The third kappa shape index (κ3) is 2.35. The van der Waals surface area contributed by atoms with Crippen molar-refractivity contribution >= 4 is 28.1 Å². The lowest BCUT2D eigenvalue weighted by atomic mass is 10.2. The number of hydrogen-bond acceptors (Lipinski definition) is 3. The summed E-state index contributed by atoms with van der Waals surface area (Å²) in [7, 11) is 1.65. The molecule has 0 saturated carbocycles. The molecule has 0 aliphatic heterocycles. The van der Waals surface area contributed by atoms with Gasteiger partial charge in [-0.3, -0.25) is 9.67 Å². The lowest BCUT2D eigenvalue weighted by Crippen LogP contribution is -2.04. The molecule has 0 saturated heterocycles. The Morgan fingerprint density at radius 1 is 1.44 bits per heavy atom. The maximum absolute atomic E-state index is 5.39. The highest BCUT2D eigenvalue weighted by atomic mass is 79.9. The largest absolute Gasteiger partial charge is 0.496 e. The molecule has 0 amide bonds. The average Bonchev–Trinajstić information content (AvgIpc) is 2.70. The number of aromatic amines is 1. The van der Waals surface area contributed by atoms with E-state index in [0.29, 0.717) is 4.77 Å². The minimum absolute atomic E-state index is 0.236. The van der Waals surface area contributed by atoms with Crippen LogP contribution in [0.15, 0.2) is 22.7 Å². The number of aromatic nitrogens is 3. The molecule has 18 heavy (non-hydrogen) atoms. The molecule has 0 aliphatic carbocycles. The van der Waals surface area contributed by atoms with E-state index >= 15 is 0 Å². The Hall–Kier alpha value is -1.14. The zero-order valence-electron chi connectivity index (χ0n) is 10.4. The highest BCUT2D eigenvalue weighted by Gasteiger charge is 2.15. The van der Waals surface area contributed by atoms with Crippen LogP contribution in [0.5, 0.6) is 5.75 Å². The molecule has 0 unspecified atom stereocenters. The molecule has 1 heterocycles. The first-order valence-corrected chi connectivity index (χ1v) is 6.75. The minimum Gasteiger partial charge on any atom is -0.496 e. The van der Waals surface area contributed by atoms with Gasteiger partial charge in [-0.2, -0.15) is 5.10 Å². The van der Waals surface area contributed by atoms with E-state index in [2.05, 4.69) is 40.0 Å². The maximum atomic E-state index is 5.39. The predicted molar refractivity (Wildman–Crippen MR) is 77.5 cm³/mol. The summed E-state index contributed by atoms with van der Waals surface area (Å²) in [5.41, 5.74) is 0.918. The number of nitrogens with zero attached hydrogens (tertiary/aromatic N) is 2. The summed E-state index contributed by atoms with van der Waals surface area (Å²) in [5.74, 6) is 1.56. The molecular weight excluding hydrogens is 314 g/mol. The lowest BCUT2D eigenvalue weighted by molar-refractivity contribution is 0.415. The van der Waals surface area contributed by atoms with Crippen LogP contribution in [0.4, 0.5) is 0 Å². The molecule has 0 atom stereocenters. The first kappa shape index (κ1) is 13.3. The molecule has 0 fully saturated rings. The fourth-order valence-electron chi connectivity index (χ4n) is 1.82. The minimum atomic E-state index is 0.236. The third-order valence-corrected chi connectivity index (χ3v) is 3.41. The second-order valence-corrected chi connectivity index (χ2v) is 5.46. The fraction of sp³-hybridized carbons (Fsp3) is 0.333. The van der Waals surface area contributed by atoms with Crippen molar-refractivity contribution in [2.45, 2.75) is 19.9 Å². The summed E-state index contributed by atoms with van der Waals surface area (Å²) in [6.07, 6.45) is 0. The van der Waals surface area contributed by atoms with Gasteiger partial charge >= 0.3 is 0 Å². The van der Waals surface area contributed by atoms with E-state index in [0.717, 1.165) is 21.6 Å². The van der Waals surface area contributed by atoms with Gasteiger partial charge in [0.2, 0.25) is 0 Å². The SMILES string of the molecule is COc1cc(Br)ccc1-c1n[nH]c(=S)n1C(C)C. The number of halogens is 1. The van der Waals surface area contributed by atoms with Gasteiger partial charge in [0.25, 0.3) is 0 Å². The predicted octanol–water partition coefficient (Wildman–Crippen LogP) is 3.96. The summed E-state index contributed by atoms with van der Waals surface area (Å²) in [6, 6.07) is 6.07. The molecule has 0 radical (unpaired) electrons. The van der Waals surface area contributed by atoms with Crippen molar-refractivity contribution in [1.29, 1.82) is 0 Å². The summed E-state index contributed by atoms with van der Waals surface area (Å²) >= 11 is 8.68. The molecule has 6 heteroatoms. The van der Waals surface area contributed by atoms with Gasteiger partial charge in [0, 0.05) is 10.5 Å². The van der Waals surface area contributed by atoms with Gasteiger partial charge in [-0.1, -0.05) is 15.9 Å². The molecule has 4 nitrogen and oxygen atoms in total. The van der Waals surface area contributed by atoms with Crippen LogP contribution in [0, 0.1) is 4.77 Å². The second kappa shape index (κ2) is 5.24. The Balaban J connectivity index is 2.66. The zero-order chi connectivity index (χ0) is 13.3. The quantitative estimate of drug-likeness (QED) is 0.867. The normalized spacial score (nSPS) is 10.9. The van der Waals surface area contributed by atoms with Crippen molar-refractivity contribution in [2.75, 3.05) is 7.11 Å². The summed E-state index contributed by atoms with van der Waals surface area (Å²) in [4.78, 5) is 0. The number of ether oxygens (including phenoxy) is 1. The van der Waals surface area contributed by atoms with Gasteiger partial charge in [-0.05, 0) is 44.3 Å². The maximum Gasteiger partial charge on any atom is 0.195 e. The van der Waals surface area contributed by atoms with E-state index < -0.39 is 0 Å². The van der Waals surface area contributed by atoms with Gasteiger partial charge < -0.3 is 4.74 Å². The second-order valence-electron chi connectivity index (χ2n) is 4.16. The van der Waals surface area contributed by atoms with Crippen LogP contribution in [0.25, 0.3) is 11.4 Å². The standard InChI is InChI=1S/C12H14BrN3OS/c1-7(2)16-11(14-15-12(16)18)9-5-4-8(13)6-10(9)17-3/h4-7H,1-3H3,(H,15,18). The van der Waals surface area contributed by atoms with Crippen LogP contribution >= 0.6 is 28.1 Å². The van der Waals surface area contributed by atoms with Gasteiger partial charge in [0.15, 0.2) is 10.6 Å². The van der Waals surface area contributed by atoms with Gasteiger partial charge in [0.05, 0.1) is 12.7 Å². The van der Waals surface area contributed by atoms with Crippen molar-refractivity contribution in [3.63, 3.8) is 0 Å². The smallest absolute Gasteiger partial charge is 0.195 e. The van der Waals surface area contributed by atoms with Crippen molar-refractivity contribution in [3.05, 3.63) is 27.4 Å². The molecule has 1 aromatic heterocycles. The van der Waals surface area contributed by atoms with Gasteiger partial charge in [-0.15, -0.1) is 0 Å². The molecule has 2 aromatic rings. The number of rotatable bonds is 3. The van der Waals surface area contributed by atoms with E-state index in [4.69, 9.17) is 17.0 Å². The Morgan fingerprint density at radius 3 is 2.78 bits per heavy atom. The monoisotopic (exact) mass is 327 g/mol. The van der Waals surface area contributed by atoms with Crippen LogP contribution in [-0.2, 0) is 0 Å². The number of benzene rings is 1. The highest BCUT2D eigenvalue weighted by Crippen LogP contribution is 2.32. The van der Waals surface area contributed by atoms with E-state index in [1.54, 1.807) is 7.11 Å². The Bertz CT molecular complexity index is 618. The van der Waals surface area contributed by atoms with E-state index in [1.165, 1.54) is 0 Å². The van der Waals surface area contributed by atoms with Gasteiger partial charge in [-0.25, -0.2) is 0 Å². The van der Waals surface area contributed by atoms with Gasteiger partial charge in [0.1, 0.15) is 5.75 Å². The van der Waals surface area contributed by atoms with Crippen molar-refractivity contribution in [3.8, 4) is 17.1 Å². The van der Waals surface area contributed by atoms with E-state index in [-0.39, 0.29) is 6.04 Å². The van der Waals surface area contributed by atoms with Crippen LogP contribution in [-0.4, -0.2) is 21.9 Å². The molecule has 1 aromatic carbocycles. The number of hydrogen-bond donors (Lipinski definition) is 1. The third-order valence-electron chi connectivity index (χ3n) is 2.63. The molecule has 1 N–H and O–H groups in total. The molecule has 96 valence electrons. The zero-order valence-corrected chi connectivity index (χ0v) is 12.8.